The van der Waals surface area contributed by atoms with Gasteiger partial charge < -0.3 is 4.74 Å². The zero-order chi connectivity index (χ0) is 12.7. The van der Waals surface area contributed by atoms with E-state index in [1.165, 1.54) is 5.57 Å². The van der Waals surface area contributed by atoms with Crippen LogP contribution in [0.25, 0.3) is 6.08 Å². The minimum absolute atomic E-state index is 0.566. The van der Waals surface area contributed by atoms with Crippen LogP contribution in [0.4, 0.5) is 0 Å². The Kier molecular flexibility index (Phi) is 6.68. The van der Waals surface area contributed by atoms with Gasteiger partial charge in [-0.25, -0.2) is 0 Å². The van der Waals surface area contributed by atoms with Crippen LogP contribution in [0.2, 0.25) is 0 Å². The van der Waals surface area contributed by atoms with Crippen LogP contribution in [0, 0.1) is 0 Å². The maximum absolute atomic E-state index is 5.89. The molecule has 1 nitrogen and oxygen atoms in total. The van der Waals surface area contributed by atoms with Gasteiger partial charge in [-0.15, -0.1) is 11.6 Å². The van der Waals surface area contributed by atoms with Crippen LogP contribution in [0.1, 0.15) is 32.3 Å². The maximum atomic E-state index is 5.89. The second-order valence-corrected chi connectivity index (χ2v) is 5.00. The van der Waals surface area contributed by atoms with Gasteiger partial charge in [0.25, 0.3) is 0 Å². The summed E-state index contributed by atoms with van der Waals surface area (Å²) in [6.45, 7) is 4.95. The standard InChI is InChI=1S/C14H18BrClO/c1-3-7-17-14-6-5-13(15)9-12(14)8-11(4-2)10-16/h5-6,8-9H,3-4,7,10H2,1-2H3. The number of ether oxygens (including phenoxy) is 1. The molecule has 0 unspecified atom stereocenters. The van der Waals surface area contributed by atoms with Crippen molar-refractivity contribution in [3.8, 4) is 5.75 Å². The molecule has 1 rings (SSSR count). The highest BCUT2D eigenvalue weighted by Gasteiger charge is 2.03. The van der Waals surface area contributed by atoms with Crippen molar-refractivity contribution in [2.24, 2.45) is 0 Å². The monoisotopic (exact) mass is 316 g/mol. The van der Waals surface area contributed by atoms with Crippen molar-refractivity contribution in [3.63, 3.8) is 0 Å². The number of hydrogen-bond acceptors (Lipinski definition) is 1. The van der Waals surface area contributed by atoms with Gasteiger partial charge >= 0.3 is 0 Å². The van der Waals surface area contributed by atoms with Crippen LogP contribution in [0.15, 0.2) is 28.2 Å². The highest BCUT2D eigenvalue weighted by Crippen LogP contribution is 2.26. The Morgan fingerprint density at radius 3 is 2.76 bits per heavy atom. The van der Waals surface area contributed by atoms with E-state index in [0.717, 1.165) is 35.2 Å². The van der Waals surface area contributed by atoms with E-state index in [9.17, 15) is 0 Å². The Balaban J connectivity index is 3.01. The Bertz CT molecular complexity index is 382. The van der Waals surface area contributed by atoms with Crippen LogP contribution in [0.3, 0.4) is 0 Å². The van der Waals surface area contributed by atoms with Gasteiger partial charge in [0, 0.05) is 15.9 Å². The molecule has 0 aliphatic heterocycles. The van der Waals surface area contributed by atoms with Gasteiger partial charge in [0.05, 0.1) is 6.61 Å². The molecule has 17 heavy (non-hydrogen) atoms. The smallest absolute Gasteiger partial charge is 0.126 e. The van der Waals surface area contributed by atoms with Gasteiger partial charge in [0.15, 0.2) is 0 Å². The van der Waals surface area contributed by atoms with E-state index in [4.69, 9.17) is 16.3 Å². The summed E-state index contributed by atoms with van der Waals surface area (Å²) in [7, 11) is 0. The first-order valence-electron chi connectivity index (χ1n) is 5.89. The molecule has 3 heteroatoms. The first-order chi connectivity index (χ1) is 8.21. The van der Waals surface area contributed by atoms with Gasteiger partial charge in [-0.3, -0.25) is 0 Å². The molecule has 0 bridgehead atoms. The Labute approximate surface area is 117 Å². The second kappa shape index (κ2) is 7.78. The number of halogens is 2. The quantitative estimate of drug-likeness (QED) is 0.649. The van der Waals surface area contributed by atoms with Crippen molar-refractivity contribution in [2.45, 2.75) is 26.7 Å². The van der Waals surface area contributed by atoms with E-state index in [1.54, 1.807) is 0 Å². The third-order valence-electron chi connectivity index (χ3n) is 2.42. The topological polar surface area (TPSA) is 9.23 Å². The van der Waals surface area contributed by atoms with E-state index in [2.05, 4.69) is 41.9 Å². The summed E-state index contributed by atoms with van der Waals surface area (Å²) in [5.41, 5.74) is 2.30. The number of rotatable bonds is 6. The van der Waals surface area contributed by atoms with Gasteiger partial charge in [-0.1, -0.05) is 41.4 Å². The highest BCUT2D eigenvalue weighted by molar-refractivity contribution is 9.10. The third kappa shape index (κ3) is 4.72. The first-order valence-corrected chi connectivity index (χ1v) is 7.21. The lowest BCUT2D eigenvalue weighted by Gasteiger charge is -2.10. The molecule has 0 saturated carbocycles. The van der Waals surface area contributed by atoms with Gasteiger partial charge in [-0.05, 0) is 31.0 Å². The molecule has 1 aromatic carbocycles. The second-order valence-electron chi connectivity index (χ2n) is 3.82. The molecule has 0 heterocycles. The molecule has 0 N–H and O–H groups in total. The summed E-state index contributed by atoms with van der Waals surface area (Å²) in [5.74, 6) is 1.49. The lowest BCUT2D eigenvalue weighted by atomic mass is 10.1. The molecule has 0 radical (unpaired) electrons. The van der Waals surface area contributed by atoms with Gasteiger partial charge in [0.1, 0.15) is 5.75 Å². The normalized spacial score (nSPS) is 11.6. The zero-order valence-corrected chi connectivity index (χ0v) is 12.6. The Morgan fingerprint density at radius 1 is 1.41 bits per heavy atom. The molecule has 0 fully saturated rings. The van der Waals surface area contributed by atoms with E-state index >= 15 is 0 Å². The summed E-state index contributed by atoms with van der Waals surface area (Å²) >= 11 is 9.37. The first kappa shape index (κ1) is 14.6. The zero-order valence-electron chi connectivity index (χ0n) is 10.3. The summed E-state index contributed by atoms with van der Waals surface area (Å²) in [5, 5.41) is 0. The molecule has 0 aliphatic rings. The minimum Gasteiger partial charge on any atom is -0.493 e. The van der Waals surface area contributed by atoms with E-state index in [0.29, 0.717) is 5.88 Å². The van der Waals surface area contributed by atoms with E-state index < -0.39 is 0 Å². The molecule has 0 aliphatic carbocycles. The van der Waals surface area contributed by atoms with Crippen molar-refractivity contribution in [1.29, 1.82) is 0 Å². The number of allylic oxidation sites excluding steroid dienone is 1. The fraction of sp³-hybridized carbons (Fsp3) is 0.429. The van der Waals surface area contributed by atoms with Crippen LogP contribution in [-0.2, 0) is 0 Å². The minimum atomic E-state index is 0.566. The molecular formula is C14H18BrClO. The fourth-order valence-corrected chi connectivity index (χ4v) is 2.08. The van der Waals surface area contributed by atoms with Crippen molar-refractivity contribution >= 4 is 33.6 Å². The summed E-state index contributed by atoms with van der Waals surface area (Å²) < 4.78 is 6.78. The lowest BCUT2D eigenvalue weighted by molar-refractivity contribution is 0.316. The number of benzene rings is 1. The molecule has 94 valence electrons. The van der Waals surface area contributed by atoms with Crippen molar-refractivity contribution in [1.82, 2.24) is 0 Å². The van der Waals surface area contributed by atoms with Gasteiger partial charge in [0.2, 0.25) is 0 Å². The SMILES string of the molecule is CCCOc1ccc(Br)cc1C=C(CC)CCl. The third-order valence-corrected chi connectivity index (χ3v) is 3.26. The number of hydrogen-bond donors (Lipinski definition) is 0. The highest BCUT2D eigenvalue weighted by atomic mass is 79.9. The predicted molar refractivity (Wildman–Crippen MR) is 78.9 cm³/mol. The van der Waals surface area contributed by atoms with Crippen molar-refractivity contribution in [3.05, 3.63) is 33.8 Å². The summed E-state index contributed by atoms with van der Waals surface area (Å²) in [4.78, 5) is 0. The Hall–Kier alpha value is -0.470. The van der Waals surface area contributed by atoms with Gasteiger partial charge in [-0.2, -0.15) is 0 Å². The Morgan fingerprint density at radius 2 is 2.18 bits per heavy atom. The maximum Gasteiger partial charge on any atom is 0.126 e. The predicted octanol–water partition coefficient (Wildman–Crippen LogP) is 5.27. The fourth-order valence-electron chi connectivity index (χ4n) is 1.43. The molecule has 0 atom stereocenters. The molecule has 0 amide bonds. The van der Waals surface area contributed by atoms with Crippen LogP contribution in [0.5, 0.6) is 5.75 Å². The lowest BCUT2D eigenvalue weighted by Crippen LogP contribution is -1.97. The number of alkyl halides is 1. The van der Waals surface area contributed by atoms with Crippen LogP contribution >= 0.6 is 27.5 Å². The molecule has 1 aromatic rings. The average molecular weight is 318 g/mol. The van der Waals surface area contributed by atoms with Crippen molar-refractivity contribution in [2.75, 3.05) is 12.5 Å². The van der Waals surface area contributed by atoms with Crippen molar-refractivity contribution < 1.29 is 4.74 Å². The molecule has 0 spiro atoms. The molecule has 0 saturated heterocycles. The molecule has 0 aromatic heterocycles. The summed E-state index contributed by atoms with van der Waals surface area (Å²) in [6.07, 6.45) is 4.08. The summed E-state index contributed by atoms with van der Waals surface area (Å²) in [6, 6.07) is 6.05. The van der Waals surface area contributed by atoms with E-state index in [1.807, 2.05) is 12.1 Å². The van der Waals surface area contributed by atoms with Crippen LogP contribution in [-0.4, -0.2) is 12.5 Å². The average Bonchev–Trinajstić information content (AvgIpc) is 2.35. The van der Waals surface area contributed by atoms with Crippen LogP contribution < -0.4 is 4.74 Å². The largest absolute Gasteiger partial charge is 0.493 e. The van der Waals surface area contributed by atoms with E-state index in [-0.39, 0.29) is 0 Å². The molecular weight excluding hydrogens is 300 g/mol.